The average molecular weight is 295 g/mol. The zero-order valence-corrected chi connectivity index (χ0v) is 12.7. The van der Waals surface area contributed by atoms with Crippen molar-refractivity contribution in [1.82, 2.24) is 5.32 Å². The van der Waals surface area contributed by atoms with Crippen molar-refractivity contribution in [3.63, 3.8) is 0 Å². The van der Waals surface area contributed by atoms with Crippen LogP contribution >= 0.6 is 0 Å². The number of aryl methyl sites for hydroxylation is 1. The molecule has 0 saturated heterocycles. The molecule has 0 aliphatic heterocycles. The van der Waals surface area contributed by atoms with E-state index in [1.54, 1.807) is 12.1 Å². The molecule has 0 aliphatic carbocycles. The van der Waals surface area contributed by atoms with Gasteiger partial charge in [-0.2, -0.15) is 0 Å². The van der Waals surface area contributed by atoms with E-state index in [4.69, 9.17) is 9.84 Å². The molecule has 3 N–H and O–H groups in total. The summed E-state index contributed by atoms with van der Waals surface area (Å²) in [5, 5.41) is 21.7. The van der Waals surface area contributed by atoms with Gasteiger partial charge in [0.05, 0.1) is 6.10 Å². The van der Waals surface area contributed by atoms with Crippen LogP contribution in [0.2, 0.25) is 0 Å². The molecule has 1 rings (SSSR count). The summed E-state index contributed by atoms with van der Waals surface area (Å²) in [6.07, 6.45) is 0.790. The van der Waals surface area contributed by atoms with Crippen LogP contribution in [-0.2, 0) is 11.2 Å². The highest BCUT2D eigenvalue weighted by Gasteiger charge is 2.06. The van der Waals surface area contributed by atoms with Gasteiger partial charge in [-0.1, -0.05) is 26.0 Å². The van der Waals surface area contributed by atoms with Gasteiger partial charge in [-0.25, -0.2) is 0 Å². The molecule has 0 heterocycles. The highest BCUT2D eigenvalue weighted by molar-refractivity contribution is 5.67. The van der Waals surface area contributed by atoms with E-state index in [1.807, 2.05) is 12.1 Å². The van der Waals surface area contributed by atoms with Crippen LogP contribution in [0.1, 0.15) is 32.3 Å². The van der Waals surface area contributed by atoms with Crippen LogP contribution in [0.5, 0.6) is 5.75 Å². The second kappa shape index (κ2) is 9.37. The summed E-state index contributed by atoms with van der Waals surface area (Å²) in [7, 11) is 0. The van der Waals surface area contributed by atoms with Crippen LogP contribution in [0.4, 0.5) is 0 Å². The van der Waals surface area contributed by atoms with Crippen molar-refractivity contribution < 1.29 is 19.7 Å². The first-order valence-corrected chi connectivity index (χ1v) is 7.32. The van der Waals surface area contributed by atoms with E-state index in [1.165, 1.54) is 0 Å². The summed E-state index contributed by atoms with van der Waals surface area (Å²) < 4.78 is 5.51. The molecule has 1 aromatic carbocycles. The van der Waals surface area contributed by atoms with Gasteiger partial charge in [0.2, 0.25) is 0 Å². The predicted octanol–water partition coefficient (Wildman–Crippen LogP) is 1.83. The first-order chi connectivity index (χ1) is 9.97. The average Bonchev–Trinajstić information content (AvgIpc) is 2.43. The van der Waals surface area contributed by atoms with E-state index in [-0.39, 0.29) is 13.0 Å². The summed E-state index contributed by atoms with van der Waals surface area (Å²) in [4.78, 5) is 10.5. The minimum atomic E-state index is -0.798. The lowest BCUT2D eigenvalue weighted by Crippen LogP contribution is -2.28. The molecule has 0 aromatic heterocycles. The number of hydrogen-bond donors (Lipinski definition) is 3. The zero-order chi connectivity index (χ0) is 15.7. The van der Waals surface area contributed by atoms with Crippen molar-refractivity contribution in [2.45, 2.75) is 45.3 Å². The van der Waals surface area contributed by atoms with Crippen molar-refractivity contribution in [1.29, 1.82) is 0 Å². The third-order valence-corrected chi connectivity index (χ3v) is 3.02. The maximum atomic E-state index is 10.5. The second-order valence-corrected chi connectivity index (χ2v) is 5.40. The van der Waals surface area contributed by atoms with Gasteiger partial charge >= 0.3 is 5.97 Å². The number of nitrogens with one attached hydrogen (secondary N) is 1. The van der Waals surface area contributed by atoms with E-state index < -0.39 is 12.1 Å². The maximum absolute atomic E-state index is 10.5. The largest absolute Gasteiger partial charge is 0.491 e. The van der Waals surface area contributed by atoms with E-state index in [9.17, 15) is 9.90 Å². The number of carboxylic acid groups (broad SMARTS) is 1. The lowest BCUT2D eigenvalue weighted by atomic mass is 10.1. The Morgan fingerprint density at radius 3 is 2.52 bits per heavy atom. The summed E-state index contributed by atoms with van der Waals surface area (Å²) in [6.45, 7) is 5.15. The number of ether oxygens (including phenoxy) is 1. The molecule has 5 heteroatoms. The number of aliphatic hydroxyl groups is 1. The Balaban J connectivity index is 2.27. The molecule has 0 radical (unpaired) electrons. The predicted molar refractivity (Wildman–Crippen MR) is 81.7 cm³/mol. The van der Waals surface area contributed by atoms with Crippen molar-refractivity contribution in [3.05, 3.63) is 29.8 Å². The van der Waals surface area contributed by atoms with Crippen molar-refractivity contribution in [2.24, 2.45) is 0 Å². The number of carbonyl (C=O) groups is 1. The van der Waals surface area contributed by atoms with Gasteiger partial charge in [0.15, 0.2) is 0 Å². The third-order valence-electron chi connectivity index (χ3n) is 3.02. The molecule has 21 heavy (non-hydrogen) atoms. The number of carboxylic acids is 1. The fraction of sp³-hybridized carbons (Fsp3) is 0.562. The highest BCUT2D eigenvalue weighted by Crippen LogP contribution is 2.14. The van der Waals surface area contributed by atoms with E-state index in [0.29, 0.717) is 24.6 Å². The van der Waals surface area contributed by atoms with Gasteiger partial charge in [-0.05, 0) is 37.1 Å². The van der Waals surface area contributed by atoms with Crippen LogP contribution < -0.4 is 10.1 Å². The van der Waals surface area contributed by atoms with Gasteiger partial charge in [0.25, 0.3) is 0 Å². The first kappa shape index (κ1) is 17.5. The monoisotopic (exact) mass is 295 g/mol. The van der Waals surface area contributed by atoms with Crippen molar-refractivity contribution in [3.8, 4) is 5.75 Å². The molecule has 1 aromatic rings. The molecular formula is C16H25NO4. The first-order valence-electron chi connectivity index (χ1n) is 7.32. The Morgan fingerprint density at radius 2 is 1.95 bits per heavy atom. The number of benzene rings is 1. The van der Waals surface area contributed by atoms with E-state index in [2.05, 4.69) is 19.2 Å². The van der Waals surface area contributed by atoms with Crippen molar-refractivity contribution >= 4 is 5.97 Å². The molecule has 0 amide bonds. The van der Waals surface area contributed by atoms with Gasteiger partial charge in [-0.3, -0.25) is 4.79 Å². The fourth-order valence-electron chi connectivity index (χ4n) is 1.82. The Labute approximate surface area is 125 Å². The standard InChI is InChI=1S/C16H25NO4/c1-12(2)17-10-9-14(18)11-21-15-6-3-13(4-7-15)5-8-16(19)20/h3-4,6-7,12,14,17-18H,5,8-11H2,1-2H3,(H,19,20)/t14-/m1/s1. The third kappa shape index (κ3) is 8.32. The quantitative estimate of drug-likeness (QED) is 0.614. The Kier molecular flexibility index (Phi) is 7.79. The van der Waals surface area contributed by atoms with Crippen LogP contribution in [0.25, 0.3) is 0 Å². The highest BCUT2D eigenvalue weighted by atomic mass is 16.5. The fourth-order valence-corrected chi connectivity index (χ4v) is 1.82. The van der Waals surface area contributed by atoms with Gasteiger partial charge < -0.3 is 20.3 Å². The number of aliphatic hydroxyl groups excluding tert-OH is 1. The van der Waals surface area contributed by atoms with E-state index in [0.717, 1.165) is 12.1 Å². The van der Waals surface area contributed by atoms with Crippen LogP contribution in [0.3, 0.4) is 0 Å². The molecular weight excluding hydrogens is 270 g/mol. The SMILES string of the molecule is CC(C)NCC[C@@H](O)COc1ccc(CCC(=O)O)cc1. The lowest BCUT2D eigenvalue weighted by Gasteiger charge is -2.14. The maximum Gasteiger partial charge on any atom is 0.303 e. The normalized spacial score (nSPS) is 12.4. The lowest BCUT2D eigenvalue weighted by molar-refractivity contribution is -0.136. The van der Waals surface area contributed by atoms with Gasteiger partial charge in [0, 0.05) is 12.5 Å². The molecule has 0 unspecified atom stereocenters. The minimum Gasteiger partial charge on any atom is -0.491 e. The smallest absolute Gasteiger partial charge is 0.303 e. The summed E-state index contributed by atoms with van der Waals surface area (Å²) >= 11 is 0. The number of hydrogen-bond acceptors (Lipinski definition) is 4. The van der Waals surface area contributed by atoms with Gasteiger partial charge in [0.1, 0.15) is 12.4 Å². The zero-order valence-electron chi connectivity index (χ0n) is 12.7. The Bertz CT molecular complexity index is 417. The summed E-state index contributed by atoms with van der Waals surface area (Å²) in [6, 6.07) is 7.72. The Morgan fingerprint density at radius 1 is 1.29 bits per heavy atom. The van der Waals surface area contributed by atoms with Crippen molar-refractivity contribution in [2.75, 3.05) is 13.2 Å². The number of aliphatic carboxylic acids is 1. The molecule has 118 valence electrons. The molecule has 0 bridgehead atoms. The molecule has 0 saturated carbocycles. The van der Waals surface area contributed by atoms with Crippen LogP contribution in [0, 0.1) is 0 Å². The van der Waals surface area contributed by atoms with Crippen LogP contribution in [0.15, 0.2) is 24.3 Å². The minimum absolute atomic E-state index is 0.127. The Hall–Kier alpha value is -1.59. The van der Waals surface area contributed by atoms with E-state index >= 15 is 0 Å². The van der Waals surface area contributed by atoms with Gasteiger partial charge in [-0.15, -0.1) is 0 Å². The summed E-state index contributed by atoms with van der Waals surface area (Å²) in [5.74, 6) is -0.113. The molecule has 0 aliphatic rings. The number of rotatable bonds is 10. The molecule has 0 spiro atoms. The van der Waals surface area contributed by atoms with Crippen LogP contribution in [-0.4, -0.2) is 41.5 Å². The second-order valence-electron chi connectivity index (χ2n) is 5.40. The molecule has 1 atom stereocenters. The molecule has 0 fully saturated rings. The summed E-state index contributed by atoms with van der Waals surface area (Å²) in [5.41, 5.74) is 0.964. The molecule has 5 nitrogen and oxygen atoms in total. The topological polar surface area (TPSA) is 78.8 Å².